The molecule has 0 aliphatic heterocycles. The molecule has 0 aliphatic rings. The van der Waals surface area contributed by atoms with E-state index in [2.05, 4.69) is 16.0 Å². The predicted molar refractivity (Wildman–Crippen MR) is 83.7 cm³/mol. The molecule has 0 radical (unpaired) electrons. The van der Waals surface area contributed by atoms with Gasteiger partial charge in [0, 0.05) is 23.7 Å². The van der Waals surface area contributed by atoms with Gasteiger partial charge in [0.1, 0.15) is 0 Å². The molecule has 0 fully saturated rings. The van der Waals surface area contributed by atoms with Gasteiger partial charge in [0.15, 0.2) is 5.11 Å². The second kappa shape index (κ2) is 6.47. The minimum absolute atomic E-state index is 0.161. The fourth-order valence-corrected chi connectivity index (χ4v) is 1.73. The van der Waals surface area contributed by atoms with Crippen molar-refractivity contribution in [2.45, 2.75) is 33.2 Å². The molecule has 1 aromatic rings. The zero-order chi connectivity index (χ0) is 15.3. The molecule has 0 spiro atoms. The Morgan fingerprint density at radius 1 is 1.20 bits per heavy atom. The first-order chi connectivity index (χ1) is 9.17. The van der Waals surface area contributed by atoms with Gasteiger partial charge >= 0.3 is 0 Å². The molecule has 0 atom stereocenters. The topological polar surface area (TPSA) is 70.2 Å². The van der Waals surface area contributed by atoms with E-state index in [9.17, 15) is 9.59 Å². The Balaban J connectivity index is 2.78. The molecule has 2 amide bonds. The second-order valence-electron chi connectivity index (χ2n) is 5.42. The highest BCUT2D eigenvalue weighted by atomic mass is 32.1. The van der Waals surface area contributed by atoms with E-state index < -0.39 is 0 Å². The van der Waals surface area contributed by atoms with E-state index in [0.29, 0.717) is 11.3 Å². The molecule has 3 N–H and O–H groups in total. The summed E-state index contributed by atoms with van der Waals surface area (Å²) >= 11 is 4.97. The van der Waals surface area contributed by atoms with E-state index in [4.69, 9.17) is 12.2 Å². The largest absolute Gasteiger partial charge is 0.347 e. The van der Waals surface area contributed by atoms with Gasteiger partial charge in [0.05, 0.1) is 0 Å². The Kier molecular flexibility index (Phi) is 5.21. The van der Waals surface area contributed by atoms with Gasteiger partial charge < -0.3 is 16.0 Å². The molecule has 108 valence electrons. The van der Waals surface area contributed by atoms with Gasteiger partial charge in [-0.05, 0) is 51.2 Å². The highest BCUT2D eigenvalue weighted by Gasteiger charge is 2.15. The molecule has 0 saturated carbocycles. The standard InChI is InChI=1S/C14H19N3O2S/c1-9(18)15-13(20)16-11-7-5-6-10(8-11)12(19)17-14(2,3)4/h5-8H,1-4H3,(H,17,19)(H2,15,16,18,20). The SMILES string of the molecule is CC(=O)NC(=S)Nc1cccc(C(=O)NC(C)(C)C)c1. The summed E-state index contributed by atoms with van der Waals surface area (Å²) in [5.41, 5.74) is 0.868. The summed E-state index contributed by atoms with van der Waals surface area (Å²) < 4.78 is 0. The van der Waals surface area contributed by atoms with E-state index in [1.54, 1.807) is 24.3 Å². The number of rotatable bonds is 2. The maximum Gasteiger partial charge on any atom is 0.251 e. The summed E-state index contributed by atoms with van der Waals surface area (Å²) in [6, 6.07) is 6.90. The maximum atomic E-state index is 12.0. The monoisotopic (exact) mass is 293 g/mol. The molecule has 1 rings (SSSR count). The summed E-state index contributed by atoms with van der Waals surface area (Å²) in [5, 5.41) is 8.39. The first-order valence-electron chi connectivity index (χ1n) is 6.18. The summed E-state index contributed by atoms with van der Waals surface area (Å²) in [6.45, 7) is 7.12. The van der Waals surface area contributed by atoms with Crippen LogP contribution in [0.25, 0.3) is 0 Å². The molecule has 1 aromatic carbocycles. The molecular formula is C14H19N3O2S. The Hall–Kier alpha value is -1.95. The molecule has 20 heavy (non-hydrogen) atoms. The van der Waals surface area contributed by atoms with Crippen LogP contribution in [0.2, 0.25) is 0 Å². The Morgan fingerprint density at radius 2 is 1.85 bits per heavy atom. The lowest BCUT2D eigenvalue weighted by Gasteiger charge is -2.20. The zero-order valence-corrected chi connectivity index (χ0v) is 12.9. The Bertz CT molecular complexity index is 535. The average molecular weight is 293 g/mol. The van der Waals surface area contributed by atoms with Gasteiger partial charge in [-0.15, -0.1) is 0 Å². The van der Waals surface area contributed by atoms with E-state index in [1.165, 1.54) is 6.92 Å². The van der Waals surface area contributed by atoms with Crippen molar-refractivity contribution in [2.75, 3.05) is 5.32 Å². The fourth-order valence-electron chi connectivity index (χ4n) is 1.47. The third-order valence-electron chi connectivity index (χ3n) is 2.16. The first kappa shape index (κ1) is 16.1. The van der Waals surface area contributed by atoms with Crippen LogP contribution in [-0.2, 0) is 4.79 Å². The van der Waals surface area contributed by atoms with Crippen LogP contribution in [0.4, 0.5) is 5.69 Å². The highest BCUT2D eigenvalue weighted by Crippen LogP contribution is 2.12. The number of nitrogens with one attached hydrogen (secondary N) is 3. The van der Waals surface area contributed by atoms with Crippen molar-refractivity contribution in [3.05, 3.63) is 29.8 Å². The number of hydrogen-bond donors (Lipinski definition) is 3. The lowest BCUT2D eigenvalue weighted by Crippen LogP contribution is -2.40. The molecule has 0 aromatic heterocycles. The lowest BCUT2D eigenvalue weighted by molar-refractivity contribution is -0.117. The van der Waals surface area contributed by atoms with Crippen LogP contribution in [0.1, 0.15) is 38.1 Å². The number of amides is 2. The van der Waals surface area contributed by atoms with Gasteiger partial charge in [-0.3, -0.25) is 9.59 Å². The summed E-state index contributed by atoms with van der Waals surface area (Å²) in [4.78, 5) is 22.9. The average Bonchev–Trinajstić information content (AvgIpc) is 2.25. The van der Waals surface area contributed by atoms with Crippen molar-refractivity contribution >= 4 is 34.8 Å². The van der Waals surface area contributed by atoms with Gasteiger partial charge in [-0.2, -0.15) is 0 Å². The van der Waals surface area contributed by atoms with Gasteiger partial charge in [-0.1, -0.05) is 6.07 Å². The summed E-state index contributed by atoms with van der Waals surface area (Å²) in [5.74, 6) is -0.407. The zero-order valence-electron chi connectivity index (χ0n) is 12.0. The van der Waals surface area contributed by atoms with Gasteiger partial charge in [0.25, 0.3) is 5.91 Å². The van der Waals surface area contributed by atoms with Crippen molar-refractivity contribution in [1.82, 2.24) is 10.6 Å². The number of carbonyl (C=O) groups excluding carboxylic acids is 2. The summed E-state index contributed by atoms with van der Waals surface area (Å²) in [6.07, 6.45) is 0. The third-order valence-corrected chi connectivity index (χ3v) is 2.36. The predicted octanol–water partition coefficient (Wildman–Crippen LogP) is 2.05. The van der Waals surface area contributed by atoms with Crippen molar-refractivity contribution < 1.29 is 9.59 Å². The van der Waals surface area contributed by atoms with Crippen LogP contribution in [-0.4, -0.2) is 22.5 Å². The van der Waals surface area contributed by atoms with Gasteiger partial charge in [-0.25, -0.2) is 0 Å². The Morgan fingerprint density at radius 3 is 2.40 bits per heavy atom. The van der Waals surface area contributed by atoms with Crippen molar-refractivity contribution in [3.8, 4) is 0 Å². The summed E-state index contributed by atoms with van der Waals surface area (Å²) in [7, 11) is 0. The fraction of sp³-hybridized carbons (Fsp3) is 0.357. The molecule has 6 heteroatoms. The van der Waals surface area contributed by atoms with Crippen LogP contribution in [0.3, 0.4) is 0 Å². The molecule has 0 saturated heterocycles. The van der Waals surface area contributed by atoms with E-state index in [-0.39, 0.29) is 22.5 Å². The quantitative estimate of drug-likeness (QED) is 0.730. The van der Waals surface area contributed by atoms with E-state index >= 15 is 0 Å². The van der Waals surface area contributed by atoms with Crippen molar-refractivity contribution in [3.63, 3.8) is 0 Å². The minimum atomic E-state index is -0.300. The van der Waals surface area contributed by atoms with Crippen LogP contribution < -0.4 is 16.0 Å². The van der Waals surface area contributed by atoms with Crippen molar-refractivity contribution in [2.24, 2.45) is 0 Å². The Labute approximate surface area is 124 Å². The first-order valence-corrected chi connectivity index (χ1v) is 6.59. The maximum absolute atomic E-state index is 12.0. The molecule has 0 heterocycles. The van der Waals surface area contributed by atoms with Crippen molar-refractivity contribution in [1.29, 1.82) is 0 Å². The molecule has 5 nitrogen and oxygen atoms in total. The number of carbonyl (C=O) groups is 2. The molecular weight excluding hydrogens is 274 g/mol. The smallest absolute Gasteiger partial charge is 0.251 e. The number of hydrogen-bond acceptors (Lipinski definition) is 3. The number of benzene rings is 1. The van der Waals surface area contributed by atoms with Crippen LogP contribution >= 0.6 is 12.2 Å². The van der Waals surface area contributed by atoms with Crippen LogP contribution in [0, 0.1) is 0 Å². The third kappa shape index (κ3) is 5.79. The van der Waals surface area contributed by atoms with Gasteiger partial charge in [0.2, 0.25) is 5.91 Å². The number of thiocarbonyl (C=S) groups is 1. The second-order valence-corrected chi connectivity index (χ2v) is 5.83. The van der Waals surface area contributed by atoms with E-state index in [0.717, 1.165) is 0 Å². The molecule has 0 unspecified atom stereocenters. The van der Waals surface area contributed by atoms with E-state index in [1.807, 2.05) is 20.8 Å². The lowest BCUT2D eigenvalue weighted by atomic mass is 10.1. The highest BCUT2D eigenvalue weighted by molar-refractivity contribution is 7.80. The van der Waals surface area contributed by atoms with Crippen LogP contribution in [0.5, 0.6) is 0 Å². The normalized spacial score (nSPS) is 10.6. The minimum Gasteiger partial charge on any atom is -0.347 e. The molecule has 0 aliphatic carbocycles. The molecule has 0 bridgehead atoms. The number of anilines is 1. The van der Waals surface area contributed by atoms with Crippen LogP contribution in [0.15, 0.2) is 24.3 Å².